The van der Waals surface area contributed by atoms with Crippen LogP contribution in [-0.2, 0) is 14.8 Å². The summed E-state index contributed by atoms with van der Waals surface area (Å²) in [5, 5.41) is 10.6. The number of methoxy groups -OCH3 is 2. The molecule has 2 aromatic heterocycles. The van der Waals surface area contributed by atoms with E-state index in [4.69, 9.17) is 9.84 Å². The smallest absolute Gasteiger partial charge is 0.407 e. The van der Waals surface area contributed by atoms with E-state index in [0.717, 1.165) is 11.8 Å². The lowest BCUT2D eigenvalue weighted by Crippen LogP contribution is -2.37. The quantitative estimate of drug-likeness (QED) is 0.357. The van der Waals surface area contributed by atoms with Gasteiger partial charge < -0.3 is 20.1 Å². The van der Waals surface area contributed by atoms with E-state index < -0.39 is 16.1 Å². The number of ether oxygens (including phenoxy) is 2. The van der Waals surface area contributed by atoms with E-state index in [1.54, 1.807) is 25.3 Å². The SMILES string of the molecule is COC(=O)NC(C)CNc1nccc(-c2cn(C(C)C)nc2-c2cc(NS(C)(=O)=O)c(C)c(OC)c2)n1. The van der Waals surface area contributed by atoms with E-state index in [1.807, 2.05) is 37.7 Å². The van der Waals surface area contributed by atoms with Gasteiger partial charge in [-0.1, -0.05) is 0 Å². The van der Waals surface area contributed by atoms with Crippen molar-refractivity contribution in [3.05, 3.63) is 36.2 Å². The van der Waals surface area contributed by atoms with Crippen molar-refractivity contribution < 1.29 is 22.7 Å². The van der Waals surface area contributed by atoms with Crippen LogP contribution >= 0.6 is 0 Å². The number of alkyl carbamates (subject to hydrolysis) is 1. The lowest BCUT2D eigenvalue weighted by molar-refractivity contribution is 0.168. The van der Waals surface area contributed by atoms with E-state index in [-0.39, 0.29) is 12.1 Å². The Bertz CT molecular complexity index is 1370. The predicted molar refractivity (Wildman–Crippen MR) is 142 cm³/mol. The molecular weight excluding hydrogens is 498 g/mol. The molecular formula is C24H33N7O5S. The van der Waals surface area contributed by atoms with Crippen LogP contribution in [0.4, 0.5) is 16.4 Å². The van der Waals surface area contributed by atoms with E-state index >= 15 is 0 Å². The summed E-state index contributed by atoms with van der Waals surface area (Å²) < 4.78 is 38.5. The average Bonchev–Trinajstić information content (AvgIpc) is 3.29. The van der Waals surface area contributed by atoms with Gasteiger partial charge in [-0.25, -0.2) is 23.2 Å². The van der Waals surface area contributed by atoms with Crippen molar-refractivity contribution in [1.29, 1.82) is 0 Å². The Balaban J connectivity index is 2.04. The highest BCUT2D eigenvalue weighted by Gasteiger charge is 2.20. The van der Waals surface area contributed by atoms with Crippen LogP contribution in [0.3, 0.4) is 0 Å². The number of aromatic nitrogens is 4. The molecule has 200 valence electrons. The second kappa shape index (κ2) is 11.5. The molecule has 0 fully saturated rings. The molecule has 0 saturated carbocycles. The Morgan fingerprint density at radius 3 is 2.54 bits per heavy atom. The normalized spacial score (nSPS) is 12.2. The Morgan fingerprint density at radius 2 is 1.92 bits per heavy atom. The zero-order valence-electron chi connectivity index (χ0n) is 22.0. The highest BCUT2D eigenvalue weighted by atomic mass is 32.2. The van der Waals surface area contributed by atoms with Gasteiger partial charge in [0.1, 0.15) is 11.4 Å². The third kappa shape index (κ3) is 7.09. The minimum atomic E-state index is -3.52. The Morgan fingerprint density at radius 1 is 1.19 bits per heavy atom. The fourth-order valence-electron chi connectivity index (χ4n) is 3.55. The van der Waals surface area contributed by atoms with Crippen molar-refractivity contribution in [2.24, 2.45) is 0 Å². The zero-order valence-corrected chi connectivity index (χ0v) is 22.8. The Hall–Kier alpha value is -3.87. The monoisotopic (exact) mass is 531 g/mol. The standard InChI is InChI=1S/C24H33N7O5S/c1-14(2)31-13-18(19-8-9-25-23(28-19)26-12-15(3)27-24(32)36-6)22(29-31)17-10-20(30-37(7,33)34)16(4)21(11-17)35-5/h8-11,13-15,30H,12H2,1-7H3,(H,27,32)(H,25,26,28). The van der Waals surface area contributed by atoms with Crippen molar-refractivity contribution >= 4 is 27.8 Å². The first-order chi connectivity index (χ1) is 17.4. The van der Waals surface area contributed by atoms with Crippen molar-refractivity contribution in [3.63, 3.8) is 0 Å². The van der Waals surface area contributed by atoms with E-state index in [2.05, 4.69) is 30.1 Å². The molecule has 0 aliphatic heterocycles. The third-order valence-corrected chi connectivity index (χ3v) is 6.05. The maximum absolute atomic E-state index is 12.0. The van der Waals surface area contributed by atoms with Crippen LogP contribution in [0.1, 0.15) is 32.4 Å². The molecule has 1 unspecified atom stereocenters. The maximum atomic E-state index is 12.0. The summed E-state index contributed by atoms with van der Waals surface area (Å²) in [4.78, 5) is 20.4. The van der Waals surface area contributed by atoms with E-state index in [1.165, 1.54) is 14.2 Å². The molecule has 0 aliphatic rings. The molecule has 37 heavy (non-hydrogen) atoms. The lowest BCUT2D eigenvalue weighted by atomic mass is 10.0. The number of rotatable bonds is 10. The minimum Gasteiger partial charge on any atom is -0.496 e. The average molecular weight is 532 g/mol. The number of nitrogens with zero attached hydrogens (tertiary/aromatic N) is 4. The number of nitrogens with one attached hydrogen (secondary N) is 3. The van der Waals surface area contributed by atoms with Crippen LogP contribution < -0.4 is 20.1 Å². The van der Waals surface area contributed by atoms with Gasteiger partial charge in [-0.05, 0) is 45.9 Å². The summed E-state index contributed by atoms with van der Waals surface area (Å²) >= 11 is 0. The number of amides is 1. The number of anilines is 2. The third-order valence-electron chi connectivity index (χ3n) is 5.46. The first-order valence-electron chi connectivity index (χ1n) is 11.6. The van der Waals surface area contributed by atoms with Gasteiger partial charge >= 0.3 is 6.09 Å². The summed E-state index contributed by atoms with van der Waals surface area (Å²) in [6.07, 6.45) is 4.10. The van der Waals surface area contributed by atoms with Crippen molar-refractivity contribution in [2.45, 2.75) is 39.8 Å². The first-order valence-corrected chi connectivity index (χ1v) is 13.5. The molecule has 0 radical (unpaired) electrons. The molecule has 2 heterocycles. The number of hydrogen-bond acceptors (Lipinski definition) is 9. The van der Waals surface area contributed by atoms with E-state index in [0.29, 0.717) is 46.4 Å². The van der Waals surface area contributed by atoms with Crippen LogP contribution in [0.15, 0.2) is 30.6 Å². The molecule has 0 bridgehead atoms. The molecule has 3 aromatic rings. The van der Waals surface area contributed by atoms with Crippen LogP contribution in [0.5, 0.6) is 5.75 Å². The largest absolute Gasteiger partial charge is 0.496 e. The second-order valence-electron chi connectivity index (χ2n) is 8.87. The predicted octanol–water partition coefficient (Wildman–Crippen LogP) is 3.43. The van der Waals surface area contributed by atoms with Crippen molar-refractivity contribution in [3.8, 4) is 28.3 Å². The summed E-state index contributed by atoms with van der Waals surface area (Å²) in [6, 6.07) is 5.17. The molecule has 1 atom stereocenters. The highest BCUT2D eigenvalue weighted by molar-refractivity contribution is 7.92. The number of carbonyl (C=O) groups excluding carboxylic acids is 1. The van der Waals surface area contributed by atoms with Crippen LogP contribution in [0.25, 0.3) is 22.5 Å². The number of carbonyl (C=O) groups is 1. The maximum Gasteiger partial charge on any atom is 0.407 e. The molecule has 0 aliphatic carbocycles. The summed E-state index contributed by atoms with van der Waals surface area (Å²) in [7, 11) is -0.680. The van der Waals surface area contributed by atoms with Crippen LogP contribution in [-0.4, -0.2) is 67.3 Å². The summed E-state index contributed by atoms with van der Waals surface area (Å²) in [6.45, 7) is 8.01. The van der Waals surface area contributed by atoms with Gasteiger partial charge in [0.25, 0.3) is 0 Å². The highest BCUT2D eigenvalue weighted by Crippen LogP contribution is 2.37. The number of benzene rings is 1. The molecule has 13 heteroatoms. The summed E-state index contributed by atoms with van der Waals surface area (Å²) in [5.74, 6) is 0.894. The molecule has 1 amide bonds. The van der Waals surface area contributed by atoms with Gasteiger partial charge in [0.05, 0.1) is 31.9 Å². The molecule has 0 spiro atoms. The fourth-order valence-corrected chi connectivity index (χ4v) is 4.16. The molecule has 0 saturated heterocycles. The lowest BCUT2D eigenvalue weighted by Gasteiger charge is -2.15. The van der Waals surface area contributed by atoms with Crippen LogP contribution in [0, 0.1) is 6.92 Å². The Labute approximate surface area is 216 Å². The first kappa shape index (κ1) is 27.7. The number of sulfonamides is 1. The second-order valence-corrected chi connectivity index (χ2v) is 10.6. The van der Waals surface area contributed by atoms with Gasteiger partial charge in [0.15, 0.2) is 0 Å². The topological polar surface area (TPSA) is 149 Å². The van der Waals surface area contributed by atoms with Gasteiger partial charge in [-0.2, -0.15) is 5.10 Å². The fraction of sp³-hybridized carbons (Fsp3) is 0.417. The minimum absolute atomic E-state index is 0.0677. The molecule has 1 aromatic carbocycles. The molecule has 3 N–H and O–H groups in total. The van der Waals surface area contributed by atoms with E-state index in [9.17, 15) is 13.2 Å². The van der Waals surface area contributed by atoms with Crippen molar-refractivity contribution in [2.75, 3.05) is 37.1 Å². The zero-order chi connectivity index (χ0) is 27.3. The van der Waals surface area contributed by atoms with Crippen LogP contribution in [0.2, 0.25) is 0 Å². The van der Waals surface area contributed by atoms with Gasteiger partial charge in [-0.3, -0.25) is 9.40 Å². The van der Waals surface area contributed by atoms with Gasteiger partial charge in [0, 0.05) is 47.7 Å². The van der Waals surface area contributed by atoms with Crippen molar-refractivity contribution in [1.82, 2.24) is 25.1 Å². The summed E-state index contributed by atoms with van der Waals surface area (Å²) in [5.41, 5.74) is 3.67. The molecule has 12 nitrogen and oxygen atoms in total. The molecule has 3 rings (SSSR count). The van der Waals surface area contributed by atoms with Gasteiger partial charge in [-0.15, -0.1) is 0 Å². The number of hydrogen-bond donors (Lipinski definition) is 3. The Kier molecular flexibility index (Phi) is 8.58. The van der Waals surface area contributed by atoms with Gasteiger partial charge in [0.2, 0.25) is 16.0 Å².